The fourth-order valence-corrected chi connectivity index (χ4v) is 6.00. The van der Waals surface area contributed by atoms with Crippen LogP contribution in [-0.4, -0.2) is 44.8 Å². The number of hydrogen-bond acceptors (Lipinski definition) is 3. The van der Waals surface area contributed by atoms with Crippen LogP contribution in [0.3, 0.4) is 0 Å². The Hall–Kier alpha value is -3.05. The number of aromatic nitrogens is 1. The first-order valence-electron chi connectivity index (χ1n) is 15.0. The van der Waals surface area contributed by atoms with E-state index in [2.05, 4.69) is 125 Å². The summed E-state index contributed by atoms with van der Waals surface area (Å²) < 4.78 is 7.43. The third-order valence-corrected chi connectivity index (χ3v) is 7.70. The van der Waals surface area contributed by atoms with Gasteiger partial charge in [0.05, 0.1) is 12.2 Å². The van der Waals surface area contributed by atoms with Crippen molar-refractivity contribution in [1.29, 1.82) is 0 Å². The Morgan fingerprint density at radius 2 is 1.68 bits per heavy atom. The summed E-state index contributed by atoms with van der Waals surface area (Å²) in [6.45, 7) is 14.7. The number of ether oxygens (including phenoxy) is 1. The van der Waals surface area contributed by atoms with E-state index in [4.69, 9.17) is 4.74 Å². The van der Waals surface area contributed by atoms with Gasteiger partial charge in [-0.1, -0.05) is 87.5 Å². The van der Waals surface area contributed by atoms with Crippen LogP contribution in [0.15, 0.2) is 103 Å². The minimum atomic E-state index is 0. The number of nitrogens with zero attached hydrogens (tertiary/aromatic N) is 2. The number of nitrogens with one attached hydrogen (secondary N) is 1. The number of hydrogen-bond donors (Lipinski definition) is 1. The van der Waals surface area contributed by atoms with Crippen LogP contribution in [0.5, 0.6) is 0 Å². The van der Waals surface area contributed by atoms with Crippen molar-refractivity contribution in [2.75, 3.05) is 39.9 Å². The van der Waals surface area contributed by atoms with Crippen LogP contribution in [0.2, 0.25) is 0 Å². The molecule has 1 fully saturated rings. The zero-order chi connectivity index (χ0) is 28.2. The molecule has 0 amide bonds. The molecule has 0 bridgehead atoms. The lowest BCUT2D eigenvalue weighted by molar-refractivity contribution is -0.626. The van der Waals surface area contributed by atoms with Gasteiger partial charge in [0.1, 0.15) is 0 Å². The van der Waals surface area contributed by atoms with Gasteiger partial charge in [-0.2, -0.15) is 4.57 Å². The smallest absolute Gasteiger partial charge is 0.243 e. The van der Waals surface area contributed by atoms with Gasteiger partial charge >= 0.3 is 0 Å². The third-order valence-electron chi connectivity index (χ3n) is 7.70. The van der Waals surface area contributed by atoms with E-state index in [1.807, 2.05) is 13.8 Å². The molecule has 3 aliphatic heterocycles. The van der Waals surface area contributed by atoms with Crippen molar-refractivity contribution >= 4 is 5.57 Å². The van der Waals surface area contributed by atoms with Gasteiger partial charge in [0.2, 0.25) is 12.2 Å². The van der Waals surface area contributed by atoms with Crippen molar-refractivity contribution in [3.63, 3.8) is 0 Å². The lowest BCUT2D eigenvalue weighted by atomic mass is 9.86. The van der Waals surface area contributed by atoms with E-state index in [1.165, 1.54) is 34.4 Å². The predicted molar refractivity (Wildman–Crippen MR) is 169 cm³/mol. The summed E-state index contributed by atoms with van der Waals surface area (Å²) in [6, 6.07) is 27.9. The molecule has 40 heavy (non-hydrogen) atoms. The van der Waals surface area contributed by atoms with Crippen molar-refractivity contribution in [2.45, 2.75) is 39.7 Å². The van der Waals surface area contributed by atoms with Gasteiger partial charge in [0, 0.05) is 59.5 Å². The molecule has 0 saturated carbocycles. The molecule has 1 aromatic heterocycles. The molecular weight excluding hydrogens is 490 g/mol. The Balaban J connectivity index is 0.000000224. The molecule has 213 valence electrons. The fourth-order valence-electron chi connectivity index (χ4n) is 6.00. The summed E-state index contributed by atoms with van der Waals surface area (Å²) in [7, 11) is 1.78. The molecule has 0 spiro atoms. The van der Waals surface area contributed by atoms with Crippen LogP contribution in [0, 0.1) is 18.4 Å². The Labute approximate surface area is 243 Å². The first kappa shape index (κ1) is 29.9. The average molecular weight is 540 g/mol. The summed E-state index contributed by atoms with van der Waals surface area (Å²) in [4.78, 5) is 2.56. The van der Waals surface area contributed by atoms with E-state index >= 15 is 0 Å². The van der Waals surface area contributed by atoms with E-state index in [0.29, 0.717) is 17.8 Å². The van der Waals surface area contributed by atoms with Gasteiger partial charge in [0.15, 0.2) is 6.20 Å². The summed E-state index contributed by atoms with van der Waals surface area (Å²) >= 11 is 0. The largest absolute Gasteiger partial charge is 0.384 e. The molecule has 4 heteroatoms. The van der Waals surface area contributed by atoms with Gasteiger partial charge in [-0.15, -0.1) is 0 Å². The number of methoxy groups -OCH3 is 1. The fraction of sp³-hybridized carbons (Fsp3) is 0.389. The van der Waals surface area contributed by atoms with Crippen molar-refractivity contribution in [1.82, 2.24) is 10.2 Å². The normalized spacial score (nSPS) is 22.1. The second-order valence-electron chi connectivity index (χ2n) is 10.9. The third kappa shape index (κ3) is 8.23. The maximum Gasteiger partial charge on any atom is 0.243 e. The summed E-state index contributed by atoms with van der Waals surface area (Å²) in [6.07, 6.45) is 8.06. The van der Waals surface area contributed by atoms with Crippen molar-refractivity contribution in [3.8, 4) is 0 Å². The molecule has 4 nitrogen and oxygen atoms in total. The molecule has 1 N–H and O–H groups in total. The minimum absolute atomic E-state index is 0. The highest BCUT2D eigenvalue weighted by molar-refractivity contribution is 5.78. The molecule has 3 aliphatic rings. The standard InChI is InChI=1S/C21H22N2.C13H19NO.C2H6.H2/c1-17-13-19(20-10-12-23-11-6-5-9-21(20)23)16-22(14-17)15-18-7-3-2-4-8-18;1-15-10-11-7-13(9-14-8-11)12-5-3-2-4-6-12;1-2;/h2-13,17H,14-16H2,1H3;2-6,11,13-14H,7-10H2,1H3;1-2H3;1H/q+1;;;/t;11-,13+;;/m.0../s1. The van der Waals surface area contributed by atoms with Crippen LogP contribution < -0.4 is 9.88 Å². The lowest BCUT2D eigenvalue weighted by Crippen LogP contribution is -2.36. The molecule has 1 unspecified atom stereocenters. The van der Waals surface area contributed by atoms with Crippen molar-refractivity contribution < 1.29 is 10.7 Å². The molecule has 4 heterocycles. The zero-order valence-electron chi connectivity index (χ0n) is 24.8. The monoisotopic (exact) mass is 539 g/mol. The first-order valence-corrected chi connectivity index (χ1v) is 15.0. The van der Waals surface area contributed by atoms with Gasteiger partial charge in [0.25, 0.3) is 0 Å². The Morgan fingerprint density at radius 3 is 2.42 bits per heavy atom. The number of allylic oxidation sites excluding steroid dienone is 1. The molecule has 3 aromatic rings. The summed E-state index contributed by atoms with van der Waals surface area (Å²) in [5.74, 6) is 1.90. The second-order valence-corrected chi connectivity index (χ2v) is 10.9. The number of rotatable bonds is 6. The van der Waals surface area contributed by atoms with Crippen LogP contribution in [-0.2, 0) is 11.3 Å². The average Bonchev–Trinajstić information content (AvgIpc) is 3.44. The van der Waals surface area contributed by atoms with Crippen molar-refractivity contribution in [2.24, 2.45) is 11.8 Å². The van der Waals surface area contributed by atoms with Gasteiger partial charge in [-0.3, -0.25) is 4.90 Å². The number of piperidine rings is 1. The highest BCUT2D eigenvalue weighted by atomic mass is 16.5. The maximum absolute atomic E-state index is 5.23. The Morgan fingerprint density at radius 1 is 0.950 bits per heavy atom. The van der Waals surface area contributed by atoms with Gasteiger partial charge < -0.3 is 10.1 Å². The van der Waals surface area contributed by atoms with Crippen molar-refractivity contribution in [3.05, 3.63) is 126 Å². The van der Waals surface area contributed by atoms with E-state index < -0.39 is 0 Å². The quantitative estimate of drug-likeness (QED) is 0.351. The molecule has 6 rings (SSSR count). The first-order chi connectivity index (χ1) is 19.7. The predicted octanol–water partition coefficient (Wildman–Crippen LogP) is 6.76. The van der Waals surface area contributed by atoms with E-state index in [1.54, 1.807) is 7.11 Å². The van der Waals surface area contributed by atoms with E-state index in [-0.39, 0.29) is 1.43 Å². The Kier molecular flexibility index (Phi) is 11.7. The molecule has 3 atom stereocenters. The van der Waals surface area contributed by atoms with Crippen LogP contribution in [0.4, 0.5) is 0 Å². The Bertz CT molecular complexity index is 1230. The molecular formula is C36H49N3O+. The zero-order valence-corrected chi connectivity index (χ0v) is 24.8. The summed E-state index contributed by atoms with van der Waals surface area (Å²) in [5, 5.41) is 3.49. The topological polar surface area (TPSA) is 28.4 Å². The SMILES string of the molecule is CC.CC1C=C(C2=C[CH][n+]3ccccc32)CN(Cc2ccccc2)C1.COC[C@@H]1CNC[C@H](c2ccccc2)C1.[HH]. The maximum atomic E-state index is 5.23. The summed E-state index contributed by atoms with van der Waals surface area (Å²) in [5.41, 5.74) is 6.96. The molecule has 2 aromatic carbocycles. The minimum Gasteiger partial charge on any atom is -0.384 e. The molecule has 1 radical (unpaired) electrons. The number of pyridine rings is 1. The van der Waals surface area contributed by atoms with E-state index in [0.717, 1.165) is 39.3 Å². The van der Waals surface area contributed by atoms with Crippen LogP contribution >= 0.6 is 0 Å². The van der Waals surface area contributed by atoms with Gasteiger partial charge in [-0.25, -0.2) is 0 Å². The second kappa shape index (κ2) is 15.7. The van der Waals surface area contributed by atoms with E-state index in [9.17, 15) is 0 Å². The lowest BCUT2D eigenvalue weighted by Gasteiger charge is -2.31. The molecule has 0 aliphatic carbocycles. The van der Waals surface area contributed by atoms with Crippen LogP contribution in [0.25, 0.3) is 5.57 Å². The highest BCUT2D eigenvalue weighted by Crippen LogP contribution is 2.30. The molecule has 1 saturated heterocycles. The highest BCUT2D eigenvalue weighted by Gasteiger charge is 2.28. The van der Waals surface area contributed by atoms with Crippen LogP contribution in [0.1, 0.15) is 51.4 Å². The van der Waals surface area contributed by atoms with Gasteiger partial charge in [-0.05, 0) is 46.9 Å². The number of fused-ring (bicyclic) bond motifs is 1. The number of benzene rings is 2.